The van der Waals surface area contributed by atoms with E-state index in [0.29, 0.717) is 11.3 Å². The van der Waals surface area contributed by atoms with Gasteiger partial charge in [0.2, 0.25) is 5.43 Å². The van der Waals surface area contributed by atoms with Crippen LogP contribution in [0.1, 0.15) is 22.3 Å². The van der Waals surface area contributed by atoms with Crippen molar-refractivity contribution in [2.24, 2.45) is 0 Å². The summed E-state index contributed by atoms with van der Waals surface area (Å²) in [4.78, 5) is 24.1. The molecule has 0 saturated carbocycles. The van der Waals surface area contributed by atoms with Gasteiger partial charge in [-0.1, -0.05) is 36.4 Å². The predicted molar refractivity (Wildman–Crippen MR) is 95.5 cm³/mol. The van der Waals surface area contributed by atoms with E-state index >= 15 is 0 Å². The first kappa shape index (κ1) is 15.2. The van der Waals surface area contributed by atoms with Gasteiger partial charge in [0, 0.05) is 5.69 Å². The number of hydrogen-bond acceptors (Lipinski definition) is 3. The molecule has 0 amide bonds. The van der Waals surface area contributed by atoms with Crippen LogP contribution in [0.2, 0.25) is 0 Å². The maximum absolute atomic E-state index is 12.1. The summed E-state index contributed by atoms with van der Waals surface area (Å²) in [6, 6.07) is 11.8. The highest BCUT2D eigenvalue weighted by molar-refractivity contribution is 5.86. The molecule has 3 heteroatoms. The van der Waals surface area contributed by atoms with Crippen molar-refractivity contribution in [2.45, 2.75) is 27.7 Å². The fourth-order valence-corrected chi connectivity index (χ4v) is 2.82. The van der Waals surface area contributed by atoms with Gasteiger partial charge in [-0.25, -0.2) is 0 Å². The van der Waals surface area contributed by atoms with Crippen LogP contribution in [-0.4, -0.2) is 0 Å². The molecule has 0 aromatic heterocycles. The highest BCUT2D eigenvalue weighted by Crippen LogP contribution is 2.30. The van der Waals surface area contributed by atoms with Crippen LogP contribution in [0.15, 0.2) is 46.0 Å². The zero-order valence-electron chi connectivity index (χ0n) is 13.8. The summed E-state index contributed by atoms with van der Waals surface area (Å²) in [7, 11) is 0. The van der Waals surface area contributed by atoms with E-state index in [1.165, 1.54) is 0 Å². The minimum atomic E-state index is -0.444. The number of hydrogen-bond donors (Lipinski definition) is 1. The molecule has 3 rings (SSSR count). The van der Waals surface area contributed by atoms with E-state index in [1.807, 2.05) is 64.1 Å². The van der Waals surface area contributed by atoms with Gasteiger partial charge in [0.25, 0.3) is 5.43 Å². The van der Waals surface area contributed by atoms with Crippen LogP contribution in [0.4, 0.5) is 11.4 Å². The molecule has 0 bridgehead atoms. The van der Waals surface area contributed by atoms with Gasteiger partial charge in [0.1, 0.15) is 5.69 Å². The smallest absolute Gasteiger partial charge is 0.250 e. The molecule has 1 N–H and O–H groups in total. The Bertz CT molecular complexity index is 956. The van der Waals surface area contributed by atoms with Crippen molar-refractivity contribution < 1.29 is 0 Å². The summed E-state index contributed by atoms with van der Waals surface area (Å²) in [5, 5.41) is 3.19. The highest BCUT2D eigenvalue weighted by Gasteiger charge is 2.23. The van der Waals surface area contributed by atoms with E-state index in [9.17, 15) is 9.59 Å². The third-order valence-corrected chi connectivity index (χ3v) is 4.44. The number of para-hydroxylation sites is 1. The van der Waals surface area contributed by atoms with Crippen molar-refractivity contribution in [1.29, 1.82) is 0 Å². The average Bonchev–Trinajstić information content (AvgIpc) is 2.52. The third kappa shape index (κ3) is 2.48. The Labute approximate surface area is 135 Å². The number of anilines is 2. The minimum absolute atomic E-state index is 0.399. The fourth-order valence-electron chi connectivity index (χ4n) is 2.82. The molecule has 0 atom stereocenters. The average molecular weight is 305 g/mol. The van der Waals surface area contributed by atoms with E-state index in [4.69, 9.17) is 0 Å². The van der Waals surface area contributed by atoms with E-state index in [2.05, 4.69) is 5.32 Å². The van der Waals surface area contributed by atoms with Crippen LogP contribution in [0.5, 0.6) is 0 Å². The summed E-state index contributed by atoms with van der Waals surface area (Å²) in [5.74, 6) is 0. The molecule has 3 aromatic carbocycles. The van der Waals surface area contributed by atoms with Gasteiger partial charge in [0.05, 0.1) is 5.56 Å². The standard InChI is InChI=1S/C20H19NO2/c1-11-8-9-15(10-14(11)4)16-18(20(23)19(16)22)21-17-12(2)6-5-7-13(17)3/h5-10,21H,1-4H3. The van der Waals surface area contributed by atoms with E-state index in [0.717, 1.165) is 33.5 Å². The van der Waals surface area contributed by atoms with Gasteiger partial charge in [0.15, 0.2) is 0 Å². The Kier molecular flexibility index (Phi) is 3.64. The SMILES string of the molecule is Cc1ccc(-c2c(Nc3c(C)cccc3C)c(=O)c2=O)cc1C. The lowest BCUT2D eigenvalue weighted by Gasteiger charge is -2.17. The Morgan fingerprint density at radius 1 is 0.696 bits per heavy atom. The van der Waals surface area contributed by atoms with Gasteiger partial charge in [-0.05, 0) is 55.5 Å². The Hall–Kier alpha value is -2.68. The minimum Gasteiger partial charge on any atom is -0.351 e. The summed E-state index contributed by atoms with van der Waals surface area (Å²) >= 11 is 0. The fraction of sp³-hybridized carbons (Fsp3) is 0.200. The van der Waals surface area contributed by atoms with Crippen LogP contribution in [-0.2, 0) is 0 Å². The molecule has 0 spiro atoms. The third-order valence-electron chi connectivity index (χ3n) is 4.44. The summed E-state index contributed by atoms with van der Waals surface area (Å²) < 4.78 is 0. The lowest BCUT2D eigenvalue weighted by atomic mass is 9.95. The van der Waals surface area contributed by atoms with Gasteiger partial charge in [-0.2, -0.15) is 0 Å². The van der Waals surface area contributed by atoms with Crippen LogP contribution in [0.3, 0.4) is 0 Å². The topological polar surface area (TPSA) is 46.2 Å². The molecule has 3 aromatic rings. The summed E-state index contributed by atoms with van der Waals surface area (Å²) in [5.41, 5.74) is 6.08. The lowest BCUT2D eigenvalue weighted by Crippen LogP contribution is -2.35. The van der Waals surface area contributed by atoms with Crippen molar-refractivity contribution in [3.63, 3.8) is 0 Å². The van der Waals surface area contributed by atoms with Crippen LogP contribution < -0.4 is 16.2 Å². The van der Waals surface area contributed by atoms with Crippen LogP contribution in [0, 0.1) is 27.7 Å². The first-order chi connectivity index (χ1) is 10.9. The lowest BCUT2D eigenvalue weighted by molar-refractivity contribution is 1.30. The van der Waals surface area contributed by atoms with Crippen LogP contribution >= 0.6 is 0 Å². The number of rotatable bonds is 3. The van der Waals surface area contributed by atoms with Crippen molar-refractivity contribution in [1.82, 2.24) is 0 Å². The normalized spacial score (nSPS) is 11.0. The molecule has 0 fully saturated rings. The summed E-state index contributed by atoms with van der Waals surface area (Å²) in [6.45, 7) is 7.99. The molecule has 0 aliphatic rings. The van der Waals surface area contributed by atoms with Gasteiger partial charge in [-0.15, -0.1) is 0 Å². The first-order valence-corrected chi connectivity index (χ1v) is 7.64. The van der Waals surface area contributed by atoms with Crippen molar-refractivity contribution in [3.05, 3.63) is 79.1 Å². The molecule has 0 unspecified atom stereocenters. The first-order valence-electron chi connectivity index (χ1n) is 7.64. The monoisotopic (exact) mass is 305 g/mol. The van der Waals surface area contributed by atoms with Gasteiger partial charge < -0.3 is 5.32 Å². The maximum atomic E-state index is 12.1. The molecule has 0 aliphatic carbocycles. The van der Waals surface area contributed by atoms with Gasteiger partial charge in [-0.3, -0.25) is 9.59 Å². The molecular weight excluding hydrogens is 286 g/mol. The number of nitrogens with one attached hydrogen (secondary N) is 1. The van der Waals surface area contributed by atoms with E-state index in [-0.39, 0.29) is 0 Å². The molecule has 3 nitrogen and oxygen atoms in total. The zero-order chi connectivity index (χ0) is 16.7. The summed E-state index contributed by atoms with van der Waals surface area (Å²) in [6.07, 6.45) is 0. The largest absolute Gasteiger partial charge is 0.351 e. The second kappa shape index (κ2) is 5.51. The van der Waals surface area contributed by atoms with Crippen molar-refractivity contribution in [3.8, 4) is 11.1 Å². The zero-order valence-corrected chi connectivity index (χ0v) is 13.8. The molecule has 0 saturated heterocycles. The second-order valence-corrected chi connectivity index (χ2v) is 6.10. The Balaban J connectivity index is 2.09. The van der Waals surface area contributed by atoms with Crippen molar-refractivity contribution in [2.75, 3.05) is 5.32 Å². The van der Waals surface area contributed by atoms with Crippen LogP contribution in [0.25, 0.3) is 11.1 Å². The molecule has 116 valence electrons. The maximum Gasteiger partial charge on any atom is 0.250 e. The highest BCUT2D eigenvalue weighted by atomic mass is 16.2. The van der Waals surface area contributed by atoms with E-state index < -0.39 is 10.9 Å². The Morgan fingerprint density at radius 2 is 1.35 bits per heavy atom. The molecule has 0 radical (unpaired) electrons. The second-order valence-electron chi connectivity index (χ2n) is 6.10. The van der Waals surface area contributed by atoms with Crippen molar-refractivity contribution >= 4 is 11.4 Å². The number of aryl methyl sites for hydroxylation is 4. The molecular formula is C20H19NO2. The molecule has 23 heavy (non-hydrogen) atoms. The molecule has 0 heterocycles. The number of benzene rings is 2. The molecule has 0 aliphatic heterocycles. The quantitative estimate of drug-likeness (QED) is 0.746. The predicted octanol–water partition coefficient (Wildman–Crippen LogP) is 3.93. The Morgan fingerprint density at radius 3 is 1.96 bits per heavy atom. The van der Waals surface area contributed by atoms with Gasteiger partial charge >= 0.3 is 0 Å². The van der Waals surface area contributed by atoms with E-state index in [1.54, 1.807) is 0 Å².